The largest absolute Gasteiger partial charge is 0.496 e. The number of Topliss-reactive ketones (excluding diaryl/α,β-unsaturated/α-hetero) is 1. The zero-order valence-corrected chi connectivity index (χ0v) is 14.7. The molecule has 0 bridgehead atoms. The summed E-state index contributed by atoms with van der Waals surface area (Å²) < 4.78 is 5.97. The molecule has 0 radical (unpaired) electrons. The Labute approximate surface area is 138 Å². The third-order valence-electron chi connectivity index (χ3n) is 3.16. The van der Waals surface area contributed by atoms with Crippen LogP contribution in [0.4, 0.5) is 0 Å². The lowest BCUT2D eigenvalue weighted by atomic mass is 10.1. The molecule has 0 saturated heterocycles. The van der Waals surface area contributed by atoms with Crippen molar-refractivity contribution in [1.82, 2.24) is 0 Å². The van der Waals surface area contributed by atoms with Crippen molar-refractivity contribution >= 4 is 33.5 Å². The Balaban J connectivity index is 2.06. The monoisotopic (exact) mass is 364 g/mol. The molecule has 0 atom stereocenters. The highest BCUT2D eigenvalue weighted by Gasteiger charge is 2.10. The molecule has 0 aromatic heterocycles. The lowest BCUT2D eigenvalue weighted by Gasteiger charge is -2.08. The van der Waals surface area contributed by atoms with Crippen LogP contribution in [-0.2, 0) is 0 Å². The number of carbonyl (C=O) groups excluding carboxylic acids is 1. The molecule has 110 valence electrons. The molecule has 0 amide bonds. The molecule has 0 saturated carbocycles. The smallest absolute Gasteiger partial charge is 0.173 e. The van der Waals surface area contributed by atoms with Crippen LogP contribution in [0.5, 0.6) is 5.75 Å². The van der Waals surface area contributed by atoms with E-state index < -0.39 is 0 Å². The first kappa shape index (κ1) is 16.1. The lowest BCUT2D eigenvalue weighted by Crippen LogP contribution is -2.03. The summed E-state index contributed by atoms with van der Waals surface area (Å²) in [4.78, 5) is 13.4. The molecule has 21 heavy (non-hydrogen) atoms. The molecule has 0 aliphatic heterocycles. The first-order valence-corrected chi connectivity index (χ1v) is 8.36. The van der Waals surface area contributed by atoms with Gasteiger partial charge in [0.25, 0.3) is 0 Å². The Bertz CT molecular complexity index is 668. The summed E-state index contributed by atoms with van der Waals surface area (Å²) in [6, 6.07) is 11.7. The predicted octanol–water partition coefficient (Wildman–Crippen LogP) is 5.05. The summed E-state index contributed by atoms with van der Waals surface area (Å²) in [6.45, 7) is 4.14. The van der Waals surface area contributed by atoms with Crippen LogP contribution in [0, 0.1) is 13.8 Å². The SMILES string of the molecule is COc1ccc(C(=O)CSc2ccc(C)cc2C)cc1Br. The van der Waals surface area contributed by atoms with Crippen LogP contribution >= 0.6 is 27.7 Å². The van der Waals surface area contributed by atoms with Gasteiger partial charge in [0.1, 0.15) is 5.75 Å². The van der Waals surface area contributed by atoms with Crippen molar-refractivity contribution in [2.24, 2.45) is 0 Å². The van der Waals surface area contributed by atoms with E-state index in [0.29, 0.717) is 11.3 Å². The van der Waals surface area contributed by atoms with Gasteiger partial charge >= 0.3 is 0 Å². The fourth-order valence-corrected chi connectivity index (χ4v) is 3.47. The number of carbonyl (C=O) groups is 1. The number of ether oxygens (including phenoxy) is 1. The Morgan fingerprint density at radius 3 is 2.57 bits per heavy atom. The van der Waals surface area contributed by atoms with Crippen LogP contribution < -0.4 is 4.74 Å². The van der Waals surface area contributed by atoms with E-state index in [0.717, 1.165) is 15.1 Å². The highest BCUT2D eigenvalue weighted by molar-refractivity contribution is 9.10. The second-order valence-electron chi connectivity index (χ2n) is 4.83. The van der Waals surface area contributed by atoms with E-state index in [2.05, 4.69) is 48.0 Å². The maximum Gasteiger partial charge on any atom is 0.173 e. The Morgan fingerprint density at radius 2 is 1.95 bits per heavy atom. The average molecular weight is 365 g/mol. The van der Waals surface area contributed by atoms with Gasteiger partial charge in [-0.25, -0.2) is 0 Å². The number of benzene rings is 2. The van der Waals surface area contributed by atoms with E-state index in [-0.39, 0.29) is 5.78 Å². The Kier molecular flexibility index (Phi) is 5.48. The molecule has 0 spiro atoms. The second-order valence-corrected chi connectivity index (χ2v) is 6.70. The molecule has 4 heteroatoms. The second kappa shape index (κ2) is 7.14. The summed E-state index contributed by atoms with van der Waals surface area (Å²) >= 11 is 4.99. The summed E-state index contributed by atoms with van der Waals surface area (Å²) in [5, 5.41) is 0. The van der Waals surface area contributed by atoms with Gasteiger partial charge in [0.15, 0.2) is 5.78 Å². The minimum atomic E-state index is 0.114. The van der Waals surface area contributed by atoms with Crippen LogP contribution in [-0.4, -0.2) is 18.6 Å². The van der Waals surface area contributed by atoms with Gasteiger partial charge in [0.05, 0.1) is 17.3 Å². The van der Waals surface area contributed by atoms with Gasteiger partial charge in [-0.3, -0.25) is 4.79 Å². The average Bonchev–Trinajstić information content (AvgIpc) is 2.46. The topological polar surface area (TPSA) is 26.3 Å². The first-order chi connectivity index (χ1) is 10.0. The van der Waals surface area contributed by atoms with Crippen molar-refractivity contribution in [3.05, 3.63) is 57.6 Å². The maximum absolute atomic E-state index is 12.3. The molecule has 2 aromatic carbocycles. The molecule has 0 unspecified atom stereocenters. The van der Waals surface area contributed by atoms with Crippen LogP contribution in [0.15, 0.2) is 45.8 Å². The standard InChI is InChI=1S/C17H17BrO2S/c1-11-4-7-17(12(2)8-11)21-10-15(19)13-5-6-16(20-3)14(18)9-13/h4-9H,10H2,1-3H3. The predicted molar refractivity (Wildman–Crippen MR) is 91.7 cm³/mol. The number of hydrogen-bond acceptors (Lipinski definition) is 3. The highest BCUT2D eigenvalue weighted by Crippen LogP contribution is 2.28. The van der Waals surface area contributed by atoms with Crippen LogP contribution in [0.3, 0.4) is 0 Å². The third-order valence-corrected chi connectivity index (χ3v) is 4.96. The third kappa shape index (κ3) is 4.11. The molecule has 2 nitrogen and oxygen atoms in total. The van der Waals surface area contributed by atoms with E-state index in [1.54, 1.807) is 31.0 Å². The normalized spacial score (nSPS) is 10.5. The molecular formula is C17H17BrO2S. The van der Waals surface area contributed by atoms with Gasteiger partial charge < -0.3 is 4.74 Å². The fraction of sp³-hybridized carbons (Fsp3) is 0.235. The molecule has 0 aliphatic carbocycles. The first-order valence-electron chi connectivity index (χ1n) is 6.58. The van der Waals surface area contributed by atoms with E-state index in [9.17, 15) is 4.79 Å². The van der Waals surface area contributed by atoms with Crippen molar-refractivity contribution in [2.45, 2.75) is 18.7 Å². The summed E-state index contributed by atoms with van der Waals surface area (Å²) in [5.41, 5.74) is 3.14. The molecule has 2 rings (SSSR count). The van der Waals surface area contributed by atoms with Crippen molar-refractivity contribution in [3.8, 4) is 5.75 Å². The fourth-order valence-electron chi connectivity index (χ4n) is 2.03. The zero-order valence-electron chi connectivity index (χ0n) is 12.3. The molecule has 0 N–H and O–H groups in total. The number of methoxy groups -OCH3 is 1. The molecule has 0 fully saturated rings. The molecular weight excluding hydrogens is 348 g/mol. The molecule has 2 aromatic rings. The van der Waals surface area contributed by atoms with Crippen LogP contribution in [0.2, 0.25) is 0 Å². The van der Waals surface area contributed by atoms with E-state index in [1.165, 1.54) is 11.1 Å². The highest BCUT2D eigenvalue weighted by atomic mass is 79.9. The van der Waals surface area contributed by atoms with Crippen molar-refractivity contribution in [2.75, 3.05) is 12.9 Å². The number of rotatable bonds is 5. The van der Waals surface area contributed by atoms with Gasteiger partial charge in [0.2, 0.25) is 0 Å². The van der Waals surface area contributed by atoms with Gasteiger partial charge in [-0.1, -0.05) is 17.7 Å². The minimum absolute atomic E-state index is 0.114. The summed E-state index contributed by atoms with van der Waals surface area (Å²) in [5.74, 6) is 1.28. The van der Waals surface area contributed by atoms with Crippen molar-refractivity contribution in [3.63, 3.8) is 0 Å². The number of halogens is 1. The Hall–Kier alpha value is -1.26. The summed E-state index contributed by atoms with van der Waals surface area (Å²) in [7, 11) is 1.61. The number of aryl methyl sites for hydroxylation is 2. The number of ketones is 1. The lowest BCUT2D eigenvalue weighted by molar-refractivity contribution is 0.102. The van der Waals surface area contributed by atoms with Crippen molar-refractivity contribution in [1.29, 1.82) is 0 Å². The summed E-state index contributed by atoms with van der Waals surface area (Å²) in [6.07, 6.45) is 0. The Morgan fingerprint density at radius 1 is 1.19 bits per heavy atom. The van der Waals surface area contributed by atoms with E-state index in [1.807, 2.05) is 6.07 Å². The van der Waals surface area contributed by atoms with Gasteiger partial charge in [-0.2, -0.15) is 0 Å². The van der Waals surface area contributed by atoms with Crippen LogP contribution in [0.1, 0.15) is 21.5 Å². The van der Waals surface area contributed by atoms with Gasteiger partial charge in [0, 0.05) is 10.5 Å². The van der Waals surface area contributed by atoms with E-state index in [4.69, 9.17) is 4.74 Å². The minimum Gasteiger partial charge on any atom is -0.496 e. The number of hydrogen-bond donors (Lipinski definition) is 0. The van der Waals surface area contributed by atoms with Crippen LogP contribution in [0.25, 0.3) is 0 Å². The zero-order chi connectivity index (χ0) is 15.4. The maximum atomic E-state index is 12.3. The van der Waals surface area contributed by atoms with Gasteiger partial charge in [-0.15, -0.1) is 11.8 Å². The molecule has 0 heterocycles. The number of thioether (sulfide) groups is 1. The van der Waals surface area contributed by atoms with Gasteiger partial charge in [-0.05, 0) is 59.6 Å². The quantitative estimate of drug-likeness (QED) is 0.548. The van der Waals surface area contributed by atoms with E-state index >= 15 is 0 Å². The molecule has 0 aliphatic rings. The van der Waals surface area contributed by atoms with Crippen molar-refractivity contribution < 1.29 is 9.53 Å².